The summed E-state index contributed by atoms with van der Waals surface area (Å²) >= 11 is 0. The van der Waals surface area contributed by atoms with Gasteiger partial charge in [-0.1, -0.05) is 0 Å². The minimum atomic E-state index is -3.70. The number of rotatable bonds is 4. The van der Waals surface area contributed by atoms with Crippen molar-refractivity contribution in [3.63, 3.8) is 0 Å². The highest BCUT2D eigenvalue weighted by atomic mass is 32.2. The molecule has 0 spiro atoms. The molecule has 1 aromatic rings. The lowest BCUT2D eigenvalue weighted by Crippen LogP contribution is -2.30. The molecular formula is C8H11N3O4S. The van der Waals surface area contributed by atoms with E-state index in [-0.39, 0.29) is 17.2 Å². The highest BCUT2D eigenvalue weighted by Crippen LogP contribution is 2.10. The summed E-state index contributed by atoms with van der Waals surface area (Å²) in [4.78, 5) is 12.8. The van der Waals surface area contributed by atoms with E-state index in [9.17, 15) is 13.2 Å². The van der Waals surface area contributed by atoms with E-state index in [1.54, 1.807) is 4.83 Å². The van der Waals surface area contributed by atoms with E-state index >= 15 is 0 Å². The third kappa shape index (κ3) is 2.76. The van der Waals surface area contributed by atoms with Crippen LogP contribution in [0.3, 0.4) is 0 Å². The summed E-state index contributed by atoms with van der Waals surface area (Å²) in [5, 5.41) is 0. The number of carbonyl (C=O) groups is 1. The van der Waals surface area contributed by atoms with E-state index in [0.29, 0.717) is 0 Å². The van der Waals surface area contributed by atoms with Gasteiger partial charge in [-0.25, -0.2) is 13.2 Å². The SMILES string of the molecule is NCOC(=O)c1ccc(S(=O)(=O)NN)cc1. The molecule has 0 amide bonds. The molecule has 0 unspecified atom stereocenters. The van der Waals surface area contributed by atoms with Crippen LogP contribution in [0, 0.1) is 0 Å². The van der Waals surface area contributed by atoms with Crippen LogP contribution in [-0.2, 0) is 14.8 Å². The molecular weight excluding hydrogens is 234 g/mol. The van der Waals surface area contributed by atoms with Gasteiger partial charge < -0.3 is 4.74 Å². The van der Waals surface area contributed by atoms with Gasteiger partial charge in [0.2, 0.25) is 0 Å². The summed E-state index contributed by atoms with van der Waals surface area (Å²) in [6, 6.07) is 5.09. The number of esters is 1. The third-order valence-corrected chi connectivity index (χ3v) is 2.97. The van der Waals surface area contributed by atoms with E-state index in [0.717, 1.165) is 0 Å². The molecule has 5 N–H and O–H groups in total. The van der Waals surface area contributed by atoms with Crippen LogP contribution in [0.25, 0.3) is 0 Å². The number of sulfonamides is 1. The zero-order valence-electron chi connectivity index (χ0n) is 8.21. The molecule has 0 radical (unpaired) electrons. The van der Waals surface area contributed by atoms with Crippen molar-refractivity contribution >= 4 is 16.0 Å². The second-order valence-electron chi connectivity index (χ2n) is 2.74. The molecule has 0 atom stereocenters. The standard InChI is InChI=1S/C8H11N3O4S/c9-5-15-8(12)6-1-3-7(4-2-6)16(13,14)11-10/h1-4,11H,5,9-10H2. The van der Waals surface area contributed by atoms with Crippen LogP contribution >= 0.6 is 0 Å². The second kappa shape index (κ2) is 5.03. The quantitative estimate of drug-likeness (QED) is 0.268. The lowest BCUT2D eigenvalue weighted by molar-refractivity contribution is 0.0515. The molecule has 0 aromatic heterocycles. The van der Waals surface area contributed by atoms with Crippen LogP contribution in [0.1, 0.15) is 10.4 Å². The van der Waals surface area contributed by atoms with E-state index in [4.69, 9.17) is 11.6 Å². The summed E-state index contributed by atoms with van der Waals surface area (Å²) in [5.74, 6) is 4.22. The van der Waals surface area contributed by atoms with Gasteiger partial charge in [-0.2, -0.15) is 4.83 Å². The first-order valence-electron chi connectivity index (χ1n) is 4.21. The van der Waals surface area contributed by atoms with Gasteiger partial charge in [0.25, 0.3) is 10.0 Å². The molecule has 0 heterocycles. The highest BCUT2D eigenvalue weighted by molar-refractivity contribution is 7.89. The van der Waals surface area contributed by atoms with E-state index in [1.165, 1.54) is 24.3 Å². The van der Waals surface area contributed by atoms with Crippen molar-refractivity contribution < 1.29 is 17.9 Å². The molecule has 0 saturated heterocycles. The Balaban J connectivity index is 2.96. The number of carbonyl (C=O) groups excluding carboxylic acids is 1. The van der Waals surface area contributed by atoms with E-state index < -0.39 is 16.0 Å². The van der Waals surface area contributed by atoms with Crippen molar-refractivity contribution in [1.82, 2.24) is 4.83 Å². The number of hydrogen-bond donors (Lipinski definition) is 3. The molecule has 16 heavy (non-hydrogen) atoms. The topological polar surface area (TPSA) is 125 Å². The number of benzene rings is 1. The number of hydrazine groups is 1. The van der Waals surface area contributed by atoms with Crippen molar-refractivity contribution in [2.75, 3.05) is 6.73 Å². The Morgan fingerprint density at radius 2 is 1.88 bits per heavy atom. The predicted octanol–water partition coefficient (Wildman–Crippen LogP) is -1.09. The fraction of sp³-hybridized carbons (Fsp3) is 0.125. The summed E-state index contributed by atoms with van der Waals surface area (Å²) in [6.45, 7) is -0.233. The minimum absolute atomic E-state index is 0.0423. The van der Waals surface area contributed by atoms with Crippen molar-refractivity contribution in [2.45, 2.75) is 4.90 Å². The van der Waals surface area contributed by atoms with Crippen LogP contribution in [0.2, 0.25) is 0 Å². The monoisotopic (exact) mass is 245 g/mol. The number of hydrogen-bond acceptors (Lipinski definition) is 6. The molecule has 1 aromatic carbocycles. The fourth-order valence-corrected chi connectivity index (χ4v) is 1.63. The molecule has 0 aliphatic carbocycles. The van der Waals surface area contributed by atoms with Gasteiger partial charge in [-0.05, 0) is 24.3 Å². The van der Waals surface area contributed by atoms with Crippen LogP contribution < -0.4 is 16.4 Å². The highest BCUT2D eigenvalue weighted by Gasteiger charge is 2.13. The molecule has 0 saturated carbocycles. The summed E-state index contributed by atoms with van der Waals surface area (Å²) in [6.07, 6.45) is 0. The third-order valence-electron chi connectivity index (χ3n) is 1.77. The molecule has 7 nitrogen and oxygen atoms in total. The largest absolute Gasteiger partial charge is 0.446 e. The van der Waals surface area contributed by atoms with Gasteiger partial charge in [-0.15, -0.1) is 0 Å². The first kappa shape index (κ1) is 12.6. The smallest absolute Gasteiger partial charge is 0.339 e. The summed E-state index contributed by atoms with van der Waals surface area (Å²) in [7, 11) is -3.70. The first-order chi connectivity index (χ1) is 7.51. The Morgan fingerprint density at radius 1 is 1.31 bits per heavy atom. The van der Waals surface area contributed by atoms with Crippen molar-refractivity contribution in [1.29, 1.82) is 0 Å². The zero-order chi connectivity index (χ0) is 12.2. The second-order valence-corrected chi connectivity index (χ2v) is 4.46. The number of ether oxygens (including phenoxy) is 1. The van der Waals surface area contributed by atoms with E-state index in [1.807, 2.05) is 0 Å². The van der Waals surface area contributed by atoms with Crippen LogP contribution in [0.5, 0.6) is 0 Å². The van der Waals surface area contributed by atoms with Gasteiger partial charge in [0.15, 0.2) is 0 Å². The summed E-state index contributed by atoms with van der Waals surface area (Å²) < 4.78 is 27.0. The Bertz CT molecular complexity index is 469. The van der Waals surface area contributed by atoms with Gasteiger partial charge in [0, 0.05) is 0 Å². The molecule has 8 heteroatoms. The minimum Gasteiger partial charge on any atom is -0.446 e. The molecule has 0 fully saturated rings. The van der Waals surface area contributed by atoms with Gasteiger partial charge in [-0.3, -0.25) is 11.6 Å². The Kier molecular flexibility index (Phi) is 3.96. The zero-order valence-corrected chi connectivity index (χ0v) is 9.03. The first-order valence-corrected chi connectivity index (χ1v) is 5.69. The average Bonchev–Trinajstić information content (AvgIpc) is 2.29. The normalized spacial score (nSPS) is 11.1. The average molecular weight is 245 g/mol. The molecule has 1 rings (SSSR count). The van der Waals surface area contributed by atoms with Crippen molar-refractivity contribution in [2.24, 2.45) is 11.6 Å². The maximum atomic E-state index is 11.2. The van der Waals surface area contributed by atoms with Crippen LogP contribution in [-0.4, -0.2) is 21.1 Å². The Morgan fingerprint density at radius 3 is 2.31 bits per heavy atom. The van der Waals surface area contributed by atoms with E-state index in [2.05, 4.69) is 4.74 Å². The lowest BCUT2D eigenvalue weighted by Gasteiger charge is -2.04. The fourth-order valence-electron chi connectivity index (χ4n) is 0.997. The predicted molar refractivity (Wildman–Crippen MR) is 55.4 cm³/mol. The number of nitrogens with two attached hydrogens (primary N) is 2. The molecule has 0 bridgehead atoms. The Hall–Kier alpha value is -1.48. The van der Waals surface area contributed by atoms with Gasteiger partial charge in [0.1, 0.15) is 6.73 Å². The lowest BCUT2D eigenvalue weighted by atomic mass is 10.2. The molecule has 0 aliphatic rings. The molecule has 0 aliphatic heterocycles. The van der Waals surface area contributed by atoms with Crippen LogP contribution in [0.4, 0.5) is 0 Å². The molecule has 88 valence electrons. The summed E-state index contributed by atoms with van der Waals surface area (Å²) in [5.41, 5.74) is 5.23. The maximum Gasteiger partial charge on any atom is 0.339 e. The Labute approximate surface area is 92.4 Å². The van der Waals surface area contributed by atoms with Crippen LogP contribution in [0.15, 0.2) is 29.2 Å². The van der Waals surface area contributed by atoms with Gasteiger partial charge >= 0.3 is 5.97 Å². The number of nitrogens with one attached hydrogen (secondary N) is 1. The van der Waals surface area contributed by atoms with Crippen molar-refractivity contribution in [3.8, 4) is 0 Å². The van der Waals surface area contributed by atoms with Gasteiger partial charge in [0.05, 0.1) is 10.5 Å². The van der Waals surface area contributed by atoms with Crippen molar-refractivity contribution in [3.05, 3.63) is 29.8 Å². The maximum absolute atomic E-state index is 11.2.